The summed E-state index contributed by atoms with van der Waals surface area (Å²) in [6.07, 6.45) is 0. The van der Waals surface area contributed by atoms with Gasteiger partial charge in [0.1, 0.15) is 0 Å². The van der Waals surface area contributed by atoms with Crippen molar-refractivity contribution in [3.63, 3.8) is 0 Å². The first-order valence-electron chi connectivity index (χ1n) is 16.6. The highest BCUT2D eigenvalue weighted by Gasteiger charge is 2.35. The van der Waals surface area contributed by atoms with Gasteiger partial charge in [0.15, 0.2) is 0 Å². The Kier molecular flexibility index (Phi) is 5.44. The first kappa shape index (κ1) is 26.5. The lowest BCUT2D eigenvalue weighted by molar-refractivity contribution is 0.661. The van der Waals surface area contributed by atoms with Crippen molar-refractivity contribution in [1.82, 2.24) is 0 Å². The third-order valence-corrected chi connectivity index (χ3v) is 10.8. The number of fused-ring (bicyclic) bond motifs is 11. The van der Waals surface area contributed by atoms with Crippen LogP contribution in [0.4, 0.5) is 0 Å². The molecule has 9 aromatic carbocycles. The largest absolute Gasteiger partial charge is 0.0622 e. The van der Waals surface area contributed by atoms with Gasteiger partial charge in [-0.05, 0) is 129 Å². The van der Waals surface area contributed by atoms with Crippen LogP contribution in [0.3, 0.4) is 0 Å². The van der Waals surface area contributed by atoms with Crippen LogP contribution in [0, 0.1) is 0 Å². The molecule has 1 aliphatic carbocycles. The molecule has 0 amide bonds. The van der Waals surface area contributed by atoms with Crippen molar-refractivity contribution in [3.05, 3.63) is 169 Å². The highest BCUT2D eigenvalue weighted by atomic mass is 14.4. The molecule has 0 spiro atoms. The molecule has 0 atom stereocenters. The Morgan fingerprint density at radius 2 is 0.809 bits per heavy atom. The molecule has 0 saturated carbocycles. The molecule has 1 aliphatic rings. The lowest BCUT2D eigenvalue weighted by Crippen LogP contribution is -2.14. The van der Waals surface area contributed by atoms with E-state index in [1.165, 1.54) is 98.4 Å². The summed E-state index contributed by atoms with van der Waals surface area (Å²) in [4.78, 5) is 0. The minimum absolute atomic E-state index is 0.00457. The highest BCUT2D eigenvalue weighted by Crippen LogP contribution is 2.50. The Hall–Kier alpha value is -5.72. The van der Waals surface area contributed by atoms with Crippen LogP contribution in [0.2, 0.25) is 0 Å². The number of hydrogen-bond donors (Lipinski definition) is 0. The zero-order valence-corrected chi connectivity index (χ0v) is 26.5. The topological polar surface area (TPSA) is 0 Å². The maximum Gasteiger partial charge on any atom is 0.0159 e. The van der Waals surface area contributed by atoms with E-state index in [-0.39, 0.29) is 5.41 Å². The van der Waals surface area contributed by atoms with Gasteiger partial charge in [0.05, 0.1) is 0 Å². The molecule has 0 radical (unpaired) electrons. The summed E-state index contributed by atoms with van der Waals surface area (Å²) in [6.45, 7) is 4.72. The van der Waals surface area contributed by atoms with Crippen LogP contribution in [0.1, 0.15) is 25.0 Å². The summed E-state index contributed by atoms with van der Waals surface area (Å²) in [7, 11) is 0. The summed E-state index contributed by atoms with van der Waals surface area (Å²) in [6, 6.07) is 59.0. The van der Waals surface area contributed by atoms with E-state index in [2.05, 4.69) is 172 Å². The normalized spacial score (nSPS) is 13.5. The zero-order chi connectivity index (χ0) is 31.3. The number of benzene rings is 9. The molecular formula is C47H32. The third-order valence-electron chi connectivity index (χ3n) is 10.8. The smallest absolute Gasteiger partial charge is 0.0159 e. The van der Waals surface area contributed by atoms with Crippen LogP contribution >= 0.6 is 0 Å². The number of hydrogen-bond acceptors (Lipinski definition) is 0. The molecule has 47 heavy (non-hydrogen) atoms. The van der Waals surface area contributed by atoms with Crippen molar-refractivity contribution in [2.24, 2.45) is 0 Å². The Morgan fingerprint density at radius 3 is 1.55 bits per heavy atom. The quantitative estimate of drug-likeness (QED) is 0.174. The second-order valence-electron chi connectivity index (χ2n) is 13.8. The Labute approximate surface area is 274 Å². The molecule has 0 fully saturated rings. The van der Waals surface area contributed by atoms with Crippen molar-refractivity contribution in [3.8, 4) is 33.4 Å². The fourth-order valence-electron chi connectivity index (χ4n) is 8.31. The van der Waals surface area contributed by atoms with Crippen LogP contribution in [-0.2, 0) is 5.41 Å². The molecule has 0 N–H and O–H groups in total. The molecule has 0 bridgehead atoms. The molecule has 0 heteroatoms. The van der Waals surface area contributed by atoms with Gasteiger partial charge >= 0.3 is 0 Å². The molecule has 220 valence electrons. The summed E-state index contributed by atoms with van der Waals surface area (Å²) >= 11 is 0. The van der Waals surface area contributed by atoms with Crippen LogP contribution in [0.25, 0.3) is 87.2 Å². The molecule has 10 rings (SSSR count). The SMILES string of the molecule is CC1(C)c2ccccc2-c2cc3c(ccc4c5cc(-c6ccc7c(ccc8cc(-c9ccccc9)ccc87)c6)ccc5ccc34)cc21. The predicted octanol–water partition coefficient (Wildman–Crippen LogP) is 13.1. The van der Waals surface area contributed by atoms with E-state index in [1.54, 1.807) is 0 Å². The van der Waals surface area contributed by atoms with Gasteiger partial charge in [-0.15, -0.1) is 0 Å². The van der Waals surface area contributed by atoms with Gasteiger partial charge in [0, 0.05) is 5.41 Å². The van der Waals surface area contributed by atoms with E-state index < -0.39 is 0 Å². The van der Waals surface area contributed by atoms with E-state index in [9.17, 15) is 0 Å². The minimum Gasteiger partial charge on any atom is -0.0622 e. The van der Waals surface area contributed by atoms with E-state index in [4.69, 9.17) is 0 Å². The van der Waals surface area contributed by atoms with E-state index in [1.807, 2.05) is 0 Å². The fourth-order valence-corrected chi connectivity index (χ4v) is 8.31. The van der Waals surface area contributed by atoms with Gasteiger partial charge in [0.25, 0.3) is 0 Å². The molecule has 0 aliphatic heterocycles. The zero-order valence-electron chi connectivity index (χ0n) is 26.5. The molecule has 0 unspecified atom stereocenters. The third kappa shape index (κ3) is 3.88. The second-order valence-corrected chi connectivity index (χ2v) is 13.8. The second kappa shape index (κ2) is 9.64. The van der Waals surface area contributed by atoms with E-state index in [0.717, 1.165) is 0 Å². The number of rotatable bonds is 2. The molecule has 0 nitrogen and oxygen atoms in total. The maximum absolute atomic E-state index is 2.45. The van der Waals surface area contributed by atoms with Gasteiger partial charge in [-0.1, -0.05) is 141 Å². The first-order chi connectivity index (χ1) is 23.0. The van der Waals surface area contributed by atoms with Crippen molar-refractivity contribution < 1.29 is 0 Å². The van der Waals surface area contributed by atoms with E-state index in [0.29, 0.717) is 0 Å². The van der Waals surface area contributed by atoms with Crippen molar-refractivity contribution in [2.45, 2.75) is 19.3 Å². The summed E-state index contributed by atoms with van der Waals surface area (Å²) in [5.74, 6) is 0. The van der Waals surface area contributed by atoms with Crippen molar-refractivity contribution >= 4 is 53.9 Å². The van der Waals surface area contributed by atoms with Gasteiger partial charge in [0.2, 0.25) is 0 Å². The molecule has 0 aromatic heterocycles. The monoisotopic (exact) mass is 596 g/mol. The standard InChI is InChI=1S/C47H32/c1-47(2)45-11-7-6-10-41(45)44-28-43-36(27-46(44)47)19-23-39-40(43)22-16-30-12-13-33(26-42(30)39)32-18-21-38-35(25-32)15-14-34-24-31(17-20-37(34)38)29-8-4-3-5-9-29/h3-28H,1-2H3. The van der Waals surface area contributed by atoms with Gasteiger partial charge < -0.3 is 0 Å². The average Bonchev–Trinajstić information content (AvgIpc) is 3.35. The Balaban J connectivity index is 1.10. The molecule has 0 heterocycles. The van der Waals surface area contributed by atoms with Crippen LogP contribution in [0.15, 0.2) is 158 Å². The van der Waals surface area contributed by atoms with Crippen molar-refractivity contribution in [1.29, 1.82) is 0 Å². The Bertz CT molecular complexity index is 2740. The van der Waals surface area contributed by atoms with Crippen LogP contribution < -0.4 is 0 Å². The summed E-state index contributed by atoms with van der Waals surface area (Å²) < 4.78 is 0. The summed E-state index contributed by atoms with van der Waals surface area (Å²) in [5.41, 5.74) is 10.6. The minimum atomic E-state index is 0.00457. The lowest BCUT2D eigenvalue weighted by atomic mass is 9.81. The van der Waals surface area contributed by atoms with E-state index >= 15 is 0 Å². The predicted molar refractivity (Wildman–Crippen MR) is 202 cm³/mol. The lowest BCUT2D eigenvalue weighted by Gasteiger charge is -2.21. The molecular weight excluding hydrogens is 565 g/mol. The van der Waals surface area contributed by atoms with Gasteiger partial charge in [-0.2, -0.15) is 0 Å². The first-order valence-corrected chi connectivity index (χ1v) is 16.6. The fraction of sp³-hybridized carbons (Fsp3) is 0.0638. The van der Waals surface area contributed by atoms with Gasteiger partial charge in [-0.25, -0.2) is 0 Å². The van der Waals surface area contributed by atoms with Crippen LogP contribution in [-0.4, -0.2) is 0 Å². The van der Waals surface area contributed by atoms with Crippen molar-refractivity contribution in [2.75, 3.05) is 0 Å². The van der Waals surface area contributed by atoms with Gasteiger partial charge in [-0.3, -0.25) is 0 Å². The summed E-state index contributed by atoms with van der Waals surface area (Å²) in [5, 5.41) is 13.0. The average molecular weight is 597 g/mol. The molecule has 0 saturated heterocycles. The van der Waals surface area contributed by atoms with Crippen LogP contribution in [0.5, 0.6) is 0 Å². The highest BCUT2D eigenvalue weighted by molar-refractivity contribution is 6.19. The maximum atomic E-state index is 2.45. The Morgan fingerprint density at radius 1 is 0.298 bits per heavy atom. The molecule has 9 aromatic rings.